The lowest BCUT2D eigenvalue weighted by Gasteiger charge is -2.29. The van der Waals surface area contributed by atoms with Gasteiger partial charge in [-0.1, -0.05) is 72.3 Å². The number of rotatable bonds is 8. The number of amides is 2. The van der Waals surface area contributed by atoms with Crippen molar-refractivity contribution in [2.75, 3.05) is 7.11 Å². The van der Waals surface area contributed by atoms with Crippen LogP contribution in [-0.2, 0) is 22.7 Å². The fraction of sp³-hybridized carbons (Fsp3) is 0.185. The van der Waals surface area contributed by atoms with Gasteiger partial charge in [-0.3, -0.25) is 0 Å². The Morgan fingerprint density at radius 2 is 1.71 bits per heavy atom. The number of methoxy groups -OCH3 is 1. The predicted octanol–water partition coefficient (Wildman–Crippen LogP) is 5.30. The van der Waals surface area contributed by atoms with Gasteiger partial charge >= 0.3 is 12.0 Å². The maximum Gasteiger partial charge on any atom is 0.338 e. The fourth-order valence-electron chi connectivity index (χ4n) is 3.84. The maximum absolute atomic E-state index is 13.2. The van der Waals surface area contributed by atoms with E-state index in [0.29, 0.717) is 27.8 Å². The van der Waals surface area contributed by atoms with E-state index in [9.17, 15) is 9.59 Å². The molecular weight excluding hydrogens is 468 g/mol. The van der Waals surface area contributed by atoms with Gasteiger partial charge in [0.1, 0.15) is 13.2 Å². The van der Waals surface area contributed by atoms with Crippen LogP contribution in [0.4, 0.5) is 4.79 Å². The molecule has 0 bridgehead atoms. The van der Waals surface area contributed by atoms with Gasteiger partial charge in [-0.25, -0.2) is 9.59 Å². The molecule has 1 aliphatic rings. The molecule has 4 rings (SSSR count). The van der Waals surface area contributed by atoms with Crippen LogP contribution in [0.2, 0.25) is 5.02 Å². The van der Waals surface area contributed by atoms with E-state index in [4.69, 9.17) is 25.8 Å². The summed E-state index contributed by atoms with van der Waals surface area (Å²) in [6, 6.07) is 20.8. The van der Waals surface area contributed by atoms with E-state index >= 15 is 0 Å². The van der Waals surface area contributed by atoms with Gasteiger partial charge in [0, 0.05) is 21.8 Å². The van der Waals surface area contributed by atoms with Crippen molar-refractivity contribution in [2.24, 2.45) is 0 Å². The Balaban J connectivity index is 1.66. The third-order valence-corrected chi connectivity index (χ3v) is 5.94. The normalized spacial score (nSPS) is 15.2. The number of nitrogens with one attached hydrogen (secondary N) is 2. The molecular formula is C27H25ClN2O5. The lowest BCUT2D eigenvalue weighted by atomic mass is 9.94. The molecule has 0 saturated heterocycles. The van der Waals surface area contributed by atoms with Crippen LogP contribution < -0.4 is 20.1 Å². The topological polar surface area (TPSA) is 85.9 Å². The Morgan fingerprint density at radius 1 is 0.971 bits per heavy atom. The number of ether oxygens (including phenoxy) is 3. The largest absolute Gasteiger partial charge is 0.493 e. The van der Waals surface area contributed by atoms with Gasteiger partial charge in [-0.15, -0.1) is 0 Å². The molecule has 1 heterocycles. The number of carbonyl (C=O) groups is 2. The summed E-state index contributed by atoms with van der Waals surface area (Å²) in [6.07, 6.45) is 0. The summed E-state index contributed by atoms with van der Waals surface area (Å²) in [5.41, 5.74) is 2.87. The van der Waals surface area contributed by atoms with Crippen molar-refractivity contribution < 1.29 is 23.8 Å². The summed E-state index contributed by atoms with van der Waals surface area (Å²) < 4.78 is 17.3. The molecule has 1 atom stereocenters. The van der Waals surface area contributed by atoms with Gasteiger partial charge in [0.05, 0.1) is 18.7 Å². The third-order valence-electron chi connectivity index (χ3n) is 5.57. The number of hydrogen-bond acceptors (Lipinski definition) is 5. The minimum atomic E-state index is -0.816. The van der Waals surface area contributed by atoms with Crippen molar-refractivity contribution in [2.45, 2.75) is 26.2 Å². The average molecular weight is 493 g/mol. The number of allylic oxidation sites excluding steroid dienone is 1. The van der Waals surface area contributed by atoms with Crippen LogP contribution in [0.15, 0.2) is 84.1 Å². The average Bonchev–Trinajstić information content (AvgIpc) is 2.86. The molecule has 35 heavy (non-hydrogen) atoms. The van der Waals surface area contributed by atoms with E-state index in [1.807, 2.05) is 48.5 Å². The molecule has 3 aromatic carbocycles. The summed E-state index contributed by atoms with van der Waals surface area (Å²) >= 11 is 6.30. The molecule has 0 saturated carbocycles. The first kappa shape index (κ1) is 24.2. The monoisotopic (exact) mass is 492 g/mol. The van der Waals surface area contributed by atoms with E-state index in [1.54, 1.807) is 31.2 Å². The number of urea groups is 1. The van der Waals surface area contributed by atoms with E-state index in [1.165, 1.54) is 7.11 Å². The molecule has 0 spiro atoms. The minimum Gasteiger partial charge on any atom is -0.493 e. The molecule has 180 valence electrons. The summed E-state index contributed by atoms with van der Waals surface area (Å²) in [7, 11) is 1.53. The van der Waals surface area contributed by atoms with Crippen molar-refractivity contribution in [1.82, 2.24) is 10.6 Å². The highest BCUT2D eigenvalue weighted by molar-refractivity contribution is 6.31. The first-order valence-corrected chi connectivity index (χ1v) is 11.4. The molecule has 0 fully saturated rings. The van der Waals surface area contributed by atoms with Crippen LogP contribution in [-0.4, -0.2) is 19.1 Å². The molecule has 2 N–H and O–H groups in total. The van der Waals surface area contributed by atoms with E-state index in [-0.39, 0.29) is 18.8 Å². The van der Waals surface area contributed by atoms with E-state index in [0.717, 1.165) is 11.1 Å². The van der Waals surface area contributed by atoms with Crippen LogP contribution >= 0.6 is 11.6 Å². The number of hydrogen-bond donors (Lipinski definition) is 2. The number of benzene rings is 3. The molecule has 1 unspecified atom stereocenters. The summed E-state index contributed by atoms with van der Waals surface area (Å²) in [5.74, 6) is 0.295. The lowest BCUT2D eigenvalue weighted by Crippen LogP contribution is -2.45. The molecule has 3 aromatic rings. The quantitative estimate of drug-likeness (QED) is 0.417. The summed E-state index contributed by atoms with van der Waals surface area (Å²) in [5, 5.41) is 6.05. The van der Waals surface area contributed by atoms with Crippen molar-refractivity contribution in [3.8, 4) is 11.5 Å². The highest BCUT2D eigenvalue weighted by Crippen LogP contribution is 2.40. The predicted molar refractivity (Wildman–Crippen MR) is 132 cm³/mol. The lowest BCUT2D eigenvalue weighted by molar-refractivity contribution is -0.140. The van der Waals surface area contributed by atoms with Crippen LogP contribution in [0.25, 0.3) is 0 Å². The van der Waals surface area contributed by atoms with Gasteiger partial charge in [-0.2, -0.15) is 0 Å². The Kier molecular flexibility index (Phi) is 7.57. The van der Waals surface area contributed by atoms with Crippen LogP contribution in [0.5, 0.6) is 11.5 Å². The molecule has 8 heteroatoms. The number of para-hydroxylation sites is 1. The van der Waals surface area contributed by atoms with Gasteiger partial charge < -0.3 is 24.8 Å². The molecule has 0 radical (unpaired) electrons. The summed E-state index contributed by atoms with van der Waals surface area (Å²) in [6.45, 7) is 1.93. The second kappa shape index (κ2) is 11.0. The van der Waals surface area contributed by atoms with Gasteiger partial charge in [0.15, 0.2) is 11.5 Å². The fourth-order valence-corrected chi connectivity index (χ4v) is 4.03. The molecule has 2 amide bonds. The molecule has 0 aliphatic carbocycles. The Labute approximate surface area is 208 Å². The second-order valence-corrected chi connectivity index (χ2v) is 8.30. The Bertz CT molecular complexity index is 1260. The number of esters is 1. The van der Waals surface area contributed by atoms with Gasteiger partial charge in [0.25, 0.3) is 0 Å². The summed E-state index contributed by atoms with van der Waals surface area (Å²) in [4.78, 5) is 25.6. The molecule has 7 nitrogen and oxygen atoms in total. The van der Waals surface area contributed by atoms with Crippen molar-refractivity contribution >= 4 is 23.6 Å². The number of carbonyl (C=O) groups excluding carboxylic acids is 2. The van der Waals surface area contributed by atoms with Crippen molar-refractivity contribution in [1.29, 1.82) is 0 Å². The smallest absolute Gasteiger partial charge is 0.338 e. The zero-order chi connectivity index (χ0) is 24.8. The van der Waals surface area contributed by atoms with Gasteiger partial charge in [0.2, 0.25) is 0 Å². The van der Waals surface area contributed by atoms with E-state index < -0.39 is 18.0 Å². The van der Waals surface area contributed by atoms with E-state index in [2.05, 4.69) is 10.6 Å². The van der Waals surface area contributed by atoms with Crippen LogP contribution in [0.1, 0.15) is 29.7 Å². The van der Waals surface area contributed by atoms with Crippen LogP contribution in [0, 0.1) is 0 Å². The first-order valence-electron chi connectivity index (χ1n) is 11.0. The molecule has 0 aromatic heterocycles. The minimum absolute atomic E-state index is 0.102. The second-order valence-electron chi connectivity index (χ2n) is 7.89. The first-order chi connectivity index (χ1) is 17.0. The maximum atomic E-state index is 13.2. The van der Waals surface area contributed by atoms with Crippen LogP contribution in [0.3, 0.4) is 0 Å². The van der Waals surface area contributed by atoms with Crippen molar-refractivity contribution in [3.05, 3.63) is 106 Å². The SMILES string of the molecule is COc1cccc(C2NC(=O)NC(C)=C2C(=O)OCc2ccccc2)c1OCc1ccccc1Cl. The standard InChI is InChI=1S/C27H25ClN2O5/c1-17-23(26(31)35-15-18-9-4-3-5-10-18)24(30-27(32)29-17)20-12-8-14-22(33-2)25(20)34-16-19-11-6-7-13-21(19)28/h3-14,24H,15-16H2,1-2H3,(H2,29,30,32). The highest BCUT2D eigenvalue weighted by atomic mass is 35.5. The zero-order valence-electron chi connectivity index (χ0n) is 19.3. The van der Waals surface area contributed by atoms with Gasteiger partial charge in [-0.05, 0) is 24.6 Å². The number of halogens is 1. The Morgan fingerprint density at radius 3 is 2.46 bits per heavy atom. The zero-order valence-corrected chi connectivity index (χ0v) is 20.1. The third kappa shape index (κ3) is 5.58. The van der Waals surface area contributed by atoms with Crippen molar-refractivity contribution in [3.63, 3.8) is 0 Å². The highest BCUT2D eigenvalue weighted by Gasteiger charge is 2.35. The molecule has 1 aliphatic heterocycles. The Hall–Kier alpha value is -3.97.